The van der Waals surface area contributed by atoms with E-state index in [4.69, 9.17) is 38.9 Å². The van der Waals surface area contributed by atoms with Gasteiger partial charge in [-0.3, -0.25) is 24.0 Å². The third-order valence-corrected chi connectivity index (χ3v) is 23.1. The highest BCUT2D eigenvalue weighted by Gasteiger charge is 2.50. The van der Waals surface area contributed by atoms with Crippen LogP contribution in [-0.4, -0.2) is 195 Å². The molecule has 2 aromatic carbocycles. The van der Waals surface area contributed by atoms with Gasteiger partial charge in [0.2, 0.25) is 5.69 Å². The average Bonchev–Trinajstić information content (AvgIpc) is 1.62. The van der Waals surface area contributed by atoms with Crippen LogP contribution in [0.5, 0.6) is 0 Å². The minimum absolute atomic E-state index is 0.0536. The zero-order valence-corrected chi connectivity index (χ0v) is 70.6. The summed E-state index contributed by atoms with van der Waals surface area (Å²) in [7, 11) is 2.15. The van der Waals surface area contributed by atoms with E-state index in [1.54, 1.807) is 0 Å². The first-order valence-corrected chi connectivity index (χ1v) is 43.8. The topological polar surface area (TPSA) is 291 Å². The molecule has 0 spiro atoms. The lowest BCUT2D eigenvalue weighted by atomic mass is 9.81. The molecule has 2 aliphatic carbocycles. The molecule has 2 aliphatic heterocycles. The highest BCUT2D eigenvalue weighted by atomic mass is 32.2. The fraction of sp³-hybridized carbons (Fsp3) is 0.685. The molecule has 5 N–H and O–H groups in total. The monoisotopic (exact) mass is 1590 g/mol. The quantitative estimate of drug-likeness (QED) is 0.0177. The number of nitrogens with two attached hydrogens (primary N) is 1. The number of benzene rings is 2. The molecule has 1 saturated carbocycles. The van der Waals surface area contributed by atoms with E-state index < -0.39 is 36.5 Å². The number of amides is 3. The highest BCUT2D eigenvalue weighted by Crippen LogP contribution is 2.53. The number of ether oxygens (including phenoxy) is 7. The number of unbranched alkanes of at least 4 members (excludes halogenated alkanes) is 14. The molecule has 3 amide bonds. The standard InChI is InChI=1S/C87H132N8O15S.C2H6/c1-7-8-9-10-11-12-13-14-15-16-17-18-24-41-83(101)109-59-60-111-65-75(90-84(88)102)80(100)61-66(62-96)79(99)38-31-51-105-54-56-107-57-58-108-63-68(98)46-49-95-78-45-43-70-69(42-44-74(78)91-92-95)71(70)64-110-85(103)89-47-52-106-55-53-104-50-30-33-67(97)32-21-20-29-48-94-77-37-28-26-35-73(77)87(4,5)82(94)40-23-19-22-39-81-86(2,3)72-34-25-27-36-76(72)93(81)6;1-2/h19,22-23,25-28,34-37,39-40,66,69-71,75,96H,7-18,20-21,24,29-33,38,41-65H2,1-6H3,(H3-,88,89,90,102,103);1-2H3/p+1/t66-,69?,70?,71?,75-;/m0./s1. The van der Waals surface area contributed by atoms with Crippen LogP contribution >= 0.6 is 11.8 Å². The Morgan fingerprint density at radius 1 is 0.637 bits per heavy atom. The first kappa shape index (κ1) is 94.9. The molecule has 113 heavy (non-hydrogen) atoms. The van der Waals surface area contributed by atoms with Gasteiger partial charge in [0.1, 0.15) is 31.8 Å². The van der Waals surface area contributed by atoms with Gasteiger partial charge in [-0.05, 0) is 107 Å². The Balaban J connectivity index is 0.00000986. The van der Waals surface area contributed by atoms with Gasteiger partial charge in [-0.15, -0.1) is 5.10 Å². The maximum absolute atomic E-state index is 13.2. The van der Waals surface area contributed by atoms with Crippen molar-refractivity contribution >= 4 is 70.1 Å². The zero-order valence-electron chi connectivity index (χ0n) is 69.8. The summed E-state index contributed by atoms with van der Waals surface area (Å²) in [6, 6.07) is 15.5. The van der Waals surface area contributed by atoms with Gasteiger partial charge in [-0.1, -0.05) is 178 Å². The number of ketones is 4. The fourth-order valence-electron chi connectivity index (χ4n) is 15.6. The Morgan fingerprint density at radius 3 is 1.92 bits per heavy atom. The summed E-state index contributed by atoms with van der Waals surface area (Å²) >= 11 is 1.32. The number of nitrogens with zero attached hydrogens (tertiary/aromatic N) is 5. The first-order chi connectivity index (χ1) is 54.8. The predicted octanol–water partition coefficient (Wildman–Crippen LogP) is 14.9. The predicted molar refractivity (Wildman–Crippen MR) is 447 cm³/mol. The molecule has 3 heterocycles. The number of aliphatic hydroxyl groups excluding tert-OH is 1. The molecule has 4 aliphatic rings. The van der Waals surface area contributed by atoms with E-state index in [2.05, 4.69) is 151 Å². The van der Waals surface area contributed by atoms with Gasteiger partial charge in [-0.25, -0.2) is 14.3 Å². The van der Waals surface area contributed by atoms with Crippen molar-refractivity contribution in [1.82, 2.24) is 25.6 Å². The van der Waals surface area contributed by atoms with E-state index >= 15 is 0 Å². The number of carbonyl (C=O) groups is 7. The number of aromatic nitrogens is 3. The van der Waals surface area contributed by atoms with Crippen molar-refractivity contribution in [2.24, 2.45) is 29.4 Å². The molecule has 24 heteroatoms. The molecule has 0 bridgehead atoms. The number of allylic oxidation sites excluding steroid dienone is 6. The van der Waals surface area contributed by atoms with Gasteiger partial charge in [0.15, 0.2) is 17.3 Å². The van der Waals surface area contributed by atoms with E-state index in [0.29, 0.717) is 102 Å². The summed E-state index contributed by atoms with van der Waals surface area (Å²) < 4.78 is 43.4. The number of hydrogen-bond donors (Lipinski definition) is 4. The molecule has 3 unspecified atom stereocenters. The smallest absolute Gasteiger partial charge is 0.407 e. The van der Waals surface area contributed by atoms with Gasteiger partial charge < -0.3 is 59.5 Å². The summed E-state index contributed by atoms with van der Waals surface area (Å²) in [6.45, 7) is 19.9. The number of carbonyl (C=O) groups excluding carboxylic acids is 7. The summed E-state index contributed by atoms with van der Waals surface area (Å²) in [5, 5.41) is 24.1. The molecular weight excluding hydrogens is 1450 g/mol. The summed E-state index contributed by atoms with van der Waals surface area (Å²) in [5.41, 5.74) is 14.9. The molecule has 3 aromatic rings. The lowest BCUT2D eigenvalue weighted by Gasteiger charge is -2.27. The number of urea groups is 1. The maximum Gasteiger partial charge on any atom is 0.407 e. The molecule has 23 nitrogen and oxygen atoms in total. The molecular formula is C89H139N8O15S+. The lowest BCUT2D eigenvalue weighted by Crippen LogP contribution is -2.46. The van der Waals surface area contributed by atoms with Crippen LogP contribution in [0.15, 0.2) is 84.6 Å². The zero-order chi connectivity index (χ0) is 81.5. The minimum Gasteiger partial charge on any atom is -0.465 e. The minimum atomic E-state index is -0.966. The number of nitrogens with one attached hydrogen (secondary N) is 2. The van der Waals surface area contributed by atoms with Crippen molar-refractivity contribution in [2.75, 3.05) is 122 Å². The molecule has 0 radical (unpaired) electrons. The fourth-order valence-corrected chi connectivity index (χ4v) is 16.5. The summed E-state index contributed by atoms with van der Waals surface area (Å²) in [5.74, 6) is 0.0971. The largest absolute Gasteiger partial charge is 0.465 e. The Kier molecular flexibility index (Phi) is 45.4. The van der Waals surface area contributed by atoms with Crippen molar-refractivity contribution < 1.29 is 76.4 Å². The maximum atomic E-state index is 13.2. The number of primary amides is 1. The van der Waals surface area contributed by atoms with Crippen molar-refractivity contribution in [1.29, 1.82) is 0 Å². The SMILES string of the molecule is CC.CCCCCCCCCCCCCCCC(=O)OCCSC[C@H](NC(N)=O)C(=O)C[C@@H](CO)C(=O)CCCOCCOCCOCC(=O)CCn1nnc2c1CCC1C(CC2)C1COC(=O)NCCOCCOCCCC(=O)CCCCCN1C(=CC=CC=CC2=[N+](C)c3ccccc3C2(C)C)C(C)(C)c2ccccc21. The molecule has 1 fully saturated rings. The first-order valence-electron chi connectivity index (χ1n) is 42.7. The van der Waals surface area contributed by atoms with Crippen LogP contribution in [0.3, 0.4) is 0 Å². The van der Waals surface area contributed by atoms with Crippen LogP contribution in [0, 0.1) is 23.7 Å². The molecule has 630 valence electrons. The second-order valence-corrected chi connectivity index (χ2v) is 32.3. The van der Waals surface area contributed by atoms with Gasteiger partial charge in [0, 0.05) is 123 Å². The normalized spacial score (nSPS) is 17.4. The van der Waals surface area contributed by atoms with E-state index in [9.17, 15) is 38.7 Å². The number of anilines is 1. The Morgan fingerprint density at radius 2 is 1.24 bits per heavy atom. The molecule has 1 aromatic heterocycles. The average molecular weight is 1590 g/mol. The highest BCUT2D eigenvalue weighted by molar-refractivity contribution is 7.99. The number of para-hydroxylation sites is 2. The number of fused-ring (bicyclic) bond motifs is 4. The van der Waals surface area contributed by atoms with E-state index in [-0.39, 0.29) is 105 Å². The number of Topliss-reactive ketones (excluding diaryl/α,β-unsaturated/α-hetero) is 4. The number of aliphatic hydroxyl groups is 1. The van der Waals surface area contributed by atoms with Crippen LogP contribution in [-0.2, 0) is 87.3 Å². The molecule has 5 atom stereocenters. The number of thioether (sulfide) groups is 1. The Labute approximate surface area is 679 Å². The van der Waals surface area contributed by atoms with E-state index in [1.165, 1.54) is 110 Å². The molecule has 0 saturated heterocycles. The summed E-state index contributed by atoms with van der Waals surface area (Å²) in [4.78, 5) is 90.8. The van der Waals surface area contributed by atoms with Crippen LogP contribution in [0.4, 0.5) is 21.0 Å². The van der Waals surface area contributed by atoms with Crippen LogP contribution in [0.25, 0.3) is 0 Å². The Hall–Kier alpha value is -6.93. The second kappa shape index (κ2) is 54.1. The third kappa shape index (κ3) is 33.7. The number of esters is 1. The van der Waals surface area contributed by atoms with Crippen LogP contribution < -0.4 is 21.3 Å². The number of alkyl carbamates (subject to hydrolysis) is 1. The van der Waals surface area contributed by atoms with Gasteiger partial charge in [-0.2, -0.15) is 16.3 Å². The van der Waals surface area contributed by atoms with Gasteiger partial charge in [0.25, 0.3) is 0 Å². The lowest BCUT2D eigenvalue weighted by molar-refractivity contribution is -0.401. The van der Waals surface area contributed by atoms with Crippen LogP contribution in [0.1, 0.15) is 238 Å². The van der Waals surface area contributed by atoms with E-state index in [1.807, 2.05) is 18.5 Å². The number of rotatable bonds is 61. The van der Waals surface area contributed by atoms with Crippen molar-refractivity contribution in [3.8, 4) is 0 Å². The number of hydrogen-bond acceptors (Lipinski definition) is 19. The Bertz CT molecular complexity index is 3480. The van der Waals surface area contributed by atoms with Crippen molar-refractivity contribution in [2.45, 2.75) is 252 Å². The third-order valence-electron chi connectivity index (χ3n) is 22.1. The van der Waals surface area contributed by atoms with Crippen molar-refractivity contribution in [3.05, 3.63) is 107 Å². The van der Waals surface area contributed by atoms with Gasteiger partial charge >= 0.3 is 18.1 Å². The van der Waals surface area contributed by atoms with E-state index in [0.717, 1.165) is 82.1 Å². The van der Waals surface area contributed by atoms with Crippen LogP contribution in [0.2, 0.25) is 0 Å². The van der Waals surface area contributed by atoms with Gasteiger partial charge in [0.05, 0.1) is 82.3 Å². The summed E-state index contributed by atoms with van der Waals surface area (Å²) in [6.07, 6.45) is 35.3. The second-order valence-electron chi connectivity index (χ2n) is 31.2. The molecule has 7 rings (SSSR count). The van der Waals surface area contributed by atoms with Crippen molar-refractivity contribution in [3.63, 3.8) is 0 Å². The number of aryl methyl sites for hydroxylation is 2.